The minimum absolute atomic E-state index is 0.268. The molecule has 2 N–H and O–H groups in total. The lowest BCUT2D eigenvalue weighted by molar-refractivity contribution is 0.474. The molecule has 0 bridgehead atoms. The summed E-state index contributed by atoms with van der Waals surface area (Å²) < 4.78 is 0. The average molecular weight is 189 g/mol. The van der Waals surface area contributed by atoms with E-state index in [0.717, 1.165) is 18.5 Å². The summed E-state index contributed by atoms with van der Waals surface area (Å²) in [4.78, 5) is 0. The maximum Gasteiger partial charge on any atom is 0.115 e. The molecule has 0 aliphatic rings. The van der Waals surface area contributed by atoms with Crippen molar-refractivity contribution in [3.63, 3.8) is 0 Å². The van der Waals surface area contributed by atoms with Crippen molar-refractivity contribution in [1.82, 2.24) is 5.32 Å². The van der Waals surface area contributed by atoms with E-state index in [1.165, 1.54) is 0 Å². The molecule has 14 heavy (non-hydrogen) atoms. The molecule has 0 aliphatic carbocycles. The zero-order valence-electron chi connectivity index (χ0n) is 8.33. The Balaban J connectivity index is 2.48. The fourth-order valence-corrected chi connectivity index (χ4v) is 1.24. The maximum absolute atomic E-state index is 9.11. The van der Waals surface area contributed by atoms with Gasteiger partial charge < -0.3 is 10.4 Å². The number of terminal acetylenes is 1. The van der Waals surface area contributed by atoms with Gasteiger partial charge in [0.05, 0.1) is 0 Å². The second kappa shape index (κ2) is 5.31. The zero-order valence-corrected chi connectivity index (χ0v) is 8.33. The van der Waals surface area contributed by atoms with Gasteiger partial charge in [0.15, 0.2) is 0 Å². The van der Waals surface area contributed by atoms with Crippen molar-refractivity contribution in [3.05, 3.63) is 29.8 Å². The van der Waals surface area contributed by atoms with Gasteiger partial charge >= 0.3 is 0 Å². The van der Waals surface area contributed by atoms with E-state index in [4.69, 9.17) is 11.5 Å². The van der Waals surface area contributed by atoms with E-state index >= 15 is 0 Å². The van der Waals surface area contributed by atoms with Crippen LogP contribution in [0, 0.1) is 12.3 Å². The molecule has 74 valence electrons. The summed E-state index contributed by atoms with van der Waals surface area (Å²) in [5.74, 6) is 2.88. The molecule has 0 aliphatic heterocycles. The number of hydrogen-bond acceptors (Lipinski definition) is 2. The maximum atomic E-state index is 9.11. The van der Waals surface area contributed by atoms with E-state index in [9.17, 15) is 0 Å². The Morgan fingerprint density at radius 2 is 2.07 bits per heavy atom. The second-order valence-electron chi connectivity index (χ2n) is 3.22. The summed E-state index contributed by atoms with van der Waals surface area (Å²) in [6.45, 7) is 2.89. The minimum atomic E-state index is 0.268. The van der Waals surface area contributed by atoms with Gasteiger partial charge in [-0.15, -0.1) is 12.3 Å². The van der Waals surface area contributed by atoms with E-state index in [0.29, 0.717) is 5.75 Å². The van der Waals surface area contributed by atoms with Gasteiger partial charge in [0.1, 0.15) is 5.75 Å². The molecule has 1 unspecified atom stereocenters. The molecule has 1 aromatic rings. The Kier molecular flexibility index (Phi) is 4.03. The number of phenols is 1. The monoisotopic (exact) mass is 189 g/mol. The molecule has 0 fully saturated rings. The Labute approximate surface area is 85.0 Å². The van der Waals surface area contributed by atoms with E-state index in [2.05, 4.69) is 18.2 Å². The van der Waals surface area contributed by atoms with Crippen molar-refractivity contribution < 1.29 is 5.11 Å². The molecular formula is C12H15NO. The fraction of sp³-hybridized carbons (Fsp3) is 0.333. The fourth-order valence-electron chi connectivity index (χ4n) is 1.24. The summed E-state index contributed by atoms with van der Waals surface area (Å²) in [7, 11) is 0. The van der Waals surface area contributed by atoms with Gasteiger partial charge in [-0.3, -0.25) is 0 Å². The number of phenolic OH excluding ortho intramolecular Hbond substituents is 1. The quantitative estimate of drug-likeness (QED) is 0.561. The summed E-state index contributed by atoms with van der Waals surface area (Å²) >= 11 is 0. The van der Waals surface area contributed by atoms with Gasteiger partial charge in [0.25, 0.3) is 0 Å². The summed E-state index contributed by atoms with van der Waals surface area (Å²) in [5, 5.41) is 12.4. The van der Waals surface area contributed by atoms with Crippen LogP contribution in [0.1, 0.15) is 24.9 Å². The molecule has 0 aromatic heterocycles. The predicted octanol–water partition coefficient (Wildman–Crippen LogP) is 2.07. The van der Waals surface area contributed by atoms with Crippen LogP contribution in [-0.4, -0.2) is 11.7 Å². The van der Waals surface area contributed by atoms with Crippen LogP contribution in [0.3, 0.4) is 0 Å². The highest BCUT2D eigenvalue weighted by Crippen LogP contribution is 2.15. The standard InChI is InChI=1S/C12H15NO/c1-3-4-9-13-10(2)11-5-7-12(14)8-6-11/h1,5-8,10,13-14H,4,9H2,2H3. The molecule has 1 rings (SSSR count). The number of benzene rings is 1. The third-order valence-corrected chi connectivity index (χ3v) is 2.11. The summed E-state index contributed by atoms with van der Waals surface area (Å²) in [5.41, 5.74) is 1.15. The third-order valence-electron chi connectivity index (χ3n) is 2.11. The highest BCUT2D eigenvalue weighted by Gasteiger charge is 2.02. The van der Waals surface area contributed by atoms with Gasteiger partial charge in [-0.1, -0.05) is 12.1 Å². The number of aromatic hydroxyl groups is 1. The smallest absolute Gasteiger partial charge is 0.115 e. The Morgan fingerprint density at radius 3 is 2.64 bits per heavy atom. The van der Waals surface area contributed by atoms with E-state index in [-0.39, 0.29) is 6.04 Å². The lowest BCUT2D eigenvalue weighted by Crippen LogP contribution is -2.19. The molecule has 0 heterocycles. The molecule has 0 amide bonds. The van der Waals surface area contributed by atoms with Crippen molar-refractivity contribution >= 4 is 0 Å². The minimum Gasteiger partial charge on any atom is -0.508 e. The lowest BCUT2D eigenvalue weighted by Gasteiger charge is -2.12. The van der Waals surface area contributed by atoms with Gasteiger partial charge in [0, 0.05) is 19.0 Å². The first-order valence-electron chi connectivity index (χ1n) is 4.70. The first kappa shape index (κ1) is 10.6. The van der Waals surface area contributed by atoms with Gasteiger partial charge in [-0.25, -0.2) is 0 Å². The highest BCUT2D eigenvalue weighted by molar-refractivity contribution is 5.27. The van der Waals surface area contributed by atoms with E-state index < -0.39 is 0 Å². The largest absolute Gasteiger partial charge is 0.508 e. The van der Waals surface area contributed by atoms with Crippen molar-refractivity contribution in [2.75, 3.05) is 6.54 Å². The Bertz CT molecular complexity index is 310. The molecule has 0 spiro atoms. The van der Waals surface area contributed by atoms with Crippen molar-refractivity contribution in [1.29, 1.82) is 0 Å². The van der Waals surface area contributed by atoms with Crippen LogP contribution in [0.5, 0.6) is 5.75 Å². The number of hydrogen-bond donors (Lipinski definition) is 2. The van der Waals surface area contributed by atoms with Crippen LogP contribution in [0.2, 0.25) is 0 Å². The molecule has 0 saturated heterocycles. The van der Waals surface area contributed by atoms with Gasteiger partial charge in [-0.05, 0) is 24.6 Å². The summed E-state index contributed by atoms with van der Waals surface area (Å²) in [6.07, 6.45) is 5.89. The second-order valence-corrected chi connectivity index (χ2v) is 3.22. The molecule has 0 saturated carbocycles. The third kappa shape index (κ3) is 3.12. The molecular weight excluding hydrogens is 174 g/mol. The SMILES string of the molecule is C#CCCNC(C)c1ccc(O)cc1. The van der Waals surface area contributed by atoms with E-state index in [1.807, 2.05) is 12.1 Å². The van der Waals surface area contributed by atoms with Crippen LogP contribution in [0.15, 0.2) is 24.3 Å². The van der Waals surface area contributed by atoms with Gasteiger partial charge in [0.2, 0.25) is 0 Å². The molecule has 0 radical (unpaired) electrons. The van der Waals surface area contributed by atoms with Crippen molar-refractivity contribution in [2.45, 2.75) is 19.4 Å². The lowest BCUT2D eigenvalue weighted by atomic mass is 10.1. The highest BCUT2D eigenvalue weighted by atomic mass is 16.3. The first-order valence-corrected chi connectivity index (χ1v) is 4.70. The Morgan fingerprint density at radius 1 is 1.43 bits per heavy atom. The zero-order chi connectivity index (χ0) is 10.4. The van der Waals surface area contributed by atoms with Crippen molar-refractivity contribution in [3.8, 4) is 18.1 Å². The topological polar surface area (TPSA) is 32.3 Å². The Hall–Kier alpha value is -1.46. The number of nitrogens with one attached hydrogen (secondary N) is 1. The van der Waals surface area contributed by atoms with Crippen LogP contribution in [-0.2, 0) is 0 Å². The number of rotatable bonds is 4. The molecule has 2 nitrogen and oxygen atoms in total. The molecule has 1 aromatic carbocycles. The van der Waals surface area contributed by atoms with Crippen molar-refractivity contribution in [2.24, 2.45) is 0 Å². The summed E-state index contributed by atoms with van der Waals surface area (Å²) in [6, 6.07) is 7.46. The predicted molar refractivity (Wildman–Crippen MR) is 58.0 cm³/mol. The first-order chi connectivity index (χ1) is 6.74. The van der Waals surface area contributed by atoms with Crippen LogP contribution in [0.4, 0.5) is 0 Å². The normalized spacial score (nSPS) is 12.0. The van der Waals surface area contributed by atoms with Crippen LogP contribution in [0.25, 0.3) is 0 Å². The van der Waals surface area contributed by atoms with Crippen LogP contribution < -0.4 is 5.32 Å². The average Bonchev–Trinajstić information content (AvgIpc) is 2.19. The molecule has 2 heteroatoms. The van der Waals surface area contributed by atoms with E-state index in [1.54, 1.807) is 12.1 Å². The molecule has 1 atom stereocenters. The van der Waals surface area contributed by atoms with Crippen LogP contribution >= 0.6 is 0 Å². The van der Waals surface area contributed by atoms with Gasteiger partial charge in [-0.2, -0.15) is 0 Å².